The minimum Gasteiger partial charge on any atom is -0.396 e. The van der Waals surface area contributed by atoms with E-state index in [4.69, 9.17) is 23.8 Å². The molecular formula is C21H21ClN4OS. The van der Waals surface area contributed by atoms with Crippen LogP contribution in [0.2, 0.25) is 5.02 Å². The van der Waals surface area contributed by atoms with E-state index in [0.717, 1.165) is 17.1 Å². The molecule has 0 amide bonds. The van der Waals surface area contributed by atoms with Crippen LogP contribution < -0.4 is 5.32 Å². The molecule has 1 aromatic carbocycles. The van der Waals surface area contributed by atoms with Crippen molar-refractivity contribution < 1.29 is 5.11 Å². The molecule has 2 N–H and O–H groups in total. The van der Waals surface area contributed by atoms with E-state index >= 15 is 0 Å². The third-order valence-corrected chi connectivity index (χ3v) is 5.51. The van der Waals surface area contributed by atoms with Crippen molar-refractivity contribution in [2.45, 2.75) is 18.5 Å². The van der Waals surface area contributed by atoms with Gasteiger partial charge in [0.1, 0.15) is 0 Å². The fourth-order valence-corrected chi connectivity index (χ4v) is 4.22. The second-order valence-corrected chi connectivity index (χ2v) is 7.50. The van der Waals surface area contributed by atoms with Gasteiger partial charge in [0, 0.05) is 41.9 Å². The van der Waals surface area contributed by atoms with Crippen molar-refractivity contribution in [2.24, 2.45) is 0 Å². The van der Waals surface area contributed by atoms with Crippen LogP contribution in [0.3, 0.4) is 0 Å². The Bertz CT molecular complexity index is 962. The Balaban J connectivity index is 1.79. The molecule has 4 rings (SSSR count). The van der Waals surface area contributed by atoms with Crippen LogP contribution in [0.25, 0.3) is 5.69 Å². The molecule has 0 aliphatic carbocycles. The normalized spacial score (nSPS) is 19.1. The number of benzene rings is 1. The smallest absolute Gasteiger partial charge is 0.170 e. The highest BCUT2D eigenvalue weighted by Crippen LogP contribution is 2.39. The Kier molecular flexibility index (Phi) is 5.62. The molecule has 1 aliphatic rings. The molecule has 5 nitrogen and oxygen atoms in total. The van der Waals surface area contributed by atoms with Gasteiger partial charge in [-0.1, -0.05) is 23.7 Å². The van der Waals surface area contributed by atoms with Crippen molar-refractivity contribution in [3.05, 3.63) is 83.4 Å². The van der Waals surface area contributed by atoms with Crippen LogP contribution in [0.15, 0.2) is 67.0 Å². The summed E-state index contributed by atoms with van der Waals surface area (Å²) >= 11 is 11.9. The summed E-state index contributed by atoms with van der Waals surface area (Å²) in [5.41, 5.74) is 3.01. The minimum absolute atomic E-state index is 0.0528. The molecule has 0 radical (unpaired) electrons. The Morgan fingerprint density at radius 3 is 2.79 bits per heavy atom. The summed E-state index contributed by atoms with van der Waals surface area (Å²) in [5, 5.41) is 14.1. The maximum Gasteiger partial charge on any atom is 0.170 e. The molecule has 144 valence electrons. The van der Waals surface area contributed by atoms with E-state index < -0.39 is 0 Å². The van der Waals surface area contributed by atoms with Gasteiger partial charge < -0.3 is 19.9 Å². The highest BCUT2D eigenvalue weighted by atomic mass is 35.5. The Morgan fingerprint density at radius 1 is 1.14 bits per heavy atom. The highest BCUT2D eigenvalue weighted by molar-refractivity contribution is 7.80. The Morgan fingerprint density at radius 2 is 2.04 bits per heavy atom. The fourth-order valence-electron chi connectivity index (χ4n) is 3.71. The molecule has 0 spiro atoms. The predicted molar refractivity (Wildman–Crippen MR) is 115 cm³/mol. The zero-order valence-corrected chi connectivity index (χ0v) is 16.8. The van der Waals surface area contributed by atoms with Crippen LogP contribution >= 0.6 is 23.8 Å². The summed E-state index contributed by atoms with van der Waals surface area (Å²) in [4.78, 5) is 6.70. The summed E-state index contributed by atoms with van der Waals surface area (Å²) < 4.78 is 2.13. The molecule has 1 saturated heterocycles. The second-order valence-electron chi connectivity index (χ2n) is 6.68. The van der Waals surface area contributed by atoms with Gasteiger partial charge in [0.2, 0.25) is 0 Å². The van der Waals surface area contributed by atoms with Gasteiger partial charge in [-0.15, -0.1) is 0 Å². The molecular weight excluding hydrogens is 392 g/mol. The quantitative estimate of drug-likeness (QED) is 0.602. The Labute approximate surface area is 174 Å². The second kappa shape index (κ2) is 8.31. The van der Waals surface area contributed by atoms with Gasteiger partial charge in [-0.25, -0.2) is 0 Å². The number of nitrogens with one attached hydrogen (secondary N) is 1. The summed E-state index contributed by atoms with van der Waals surface area (Å²) in [5.74, 6) is 0. The lowest BCUT2D eigenvalue weighted by molar-refractivity contribution is 0.245. The maximum absolute atomic E-state index is 9.35. The molecule has 0 saturated carbocycles. The molecule has 28 heavy (non-hydrogen) atoms. The van der Waals surface area contributed by atoms with E-state index in [0.29, 0.717) is 23.1 Å². The monoisotopic (exact) mass is 412 g/mol. The van der Waals surface area contributed by atoms with Crippen molar-refractivity contribution in [3.63, 3.8) is 0 Å². The number of pyridine rings is 1. The average molecular weight is 413 g/mol. The van der Waals surface area contributed by atoms with E-state index in [1.54, 1.807) is 6.20 Å². The molecule has 3 heterocycles. The molecule has 2 atom stereocenters. The summed E-state index contributed by atoms with van der Waals surface area (Å²) in [6.45, 7) is 0.784. The number of halogens is 1. The van der Waals surface area contributed by atoms with Gasteiger partial charge in [0.05, 0.1) is 17.8 Å². The minimum atomic E-state index is -0.0831. The van der Waals surface area contributed by atoms with Crippen LogP contribution in [-0.2, 0) is 0 Å². The van der Waals surface area contributed by atoms with E-state index in [-0.39, 0.29) is 18.7 Å². The predicted octanol–water partition coefficient (Wildman–Crippen LogP) is 3.88. The number of aromatic nitrogens is 2. The number of rotatable bonds is 6. The number of hydrogen-bond acceptors (Lipinski definition) is 3. The van der Waals surface area contributed by atoms with Crippen LogP contribution in [0.4, 0.5) is 0 Å². The van der Waals surface area contributed by atoms with E-state index in [2.05, 4.69) is 25.8 Å². The van der Waals surface area contributed by atoms with Crippen LogP contribution in [-0.4, -0.2) is 37.8 Å². The largest absolute Gasteiger partial charge is 0.396 e. The highest BCUT2D eigenvalue weighted by Gasteiger charge is 2.40. The lowest BCUT2D eigenvalue weighted by Crippen LogP contribution is -2.31. The van der Waals surface area contributed by atoms with E-state index in [9.17, 15) is 5.11 Å². The van der Waals surface area contributed by atoms with E-state index in [1.165, 1.54) is 0 Å². The third kappa shape index (κ3) is 3.63. The molecule has 1 aliphatic heterocycles. The fraction of sp³-hybridized carbons (Fsp3) is 0.238. The average Bonchev–Trinajstić information content (AvgIpc) is 3.31. The number of aliphatic hydroxyl groups excluding tert-OH is 1. The first kappa shape index (κ1) is 18.9. The van der Waals surface area contributed by atoms with Crippen LogP contribution in [0.5, 0.6) is 0 Å². The summed E-state index contributed by atoms with van der Waals surface area (Å²) in [6, 6.07) is 17.7. The maximum atomic E-state index is 9.35. The third-order valence-electron chi connectivity index (χ3n) is 4.92. The van der Waals surface area contributed by atoms with Crippen LogP contribution in [0, 0.1) is 0 Å². The van der Waals surface area contributed by atoms with Gasteiger partial charge in [0.25, 0.3) is 0 Å². The van der Waals surface area contributed by atoms with Crippen LogP contribution in [0.1, 0.15) is 29.9 Å². The standard InChI is InChI=1S/C21H21ClN4OS/c22-15-6-3-7-16(14-15)25-11-4-9-18(25)20-19(17-8-1-2-10-23-17)24-21(28)26(20)12-5-13-27/h1-4,6-11,14,19-20,27H,5,12-13H2,(H,24,28)/t19-,20+/m1/s1. The summed E-state index contributed by atoms with van der Waals surface area (Å²) in [7, 11) is 0. The lowest BCUT2D eigenvalue weighted by Gasteiger charge is -2.28. The molecule has 1 fully saturated rings. The lowest BCUT2D eigenvalue weighted by atomic mass is 10.0. The summed E-state index contributed by atoms with van der Waals surface area (Å²) in [6.07, 6.45) is 4.47. The molecule has 0 bridgehead atoms. The van der Waals surface area contributed by atoms with Gasteiger partial charge in [0.15, 0.2) is 5.11 Å². The van der Waals surface area contributed by atoms with Crippen molar-refractivity contribution >= 4 is 28.9 Å². The van der Waals surface area contributed by atoms with Crippen molar-refractivity contribution in [2.75, 3.05) is 13.2 Å². The van der Waals surface area contributed by atoms with Gasteiger partial charge in [-0.2, -0.15) is 0 Å². The number of hydrogen-bond donors (Lipinski definition) is 2. The number of thiocarbonyl (C=S) groups is 1. The first-order valence-corrected chi connectivity index (χ1v) is 10.00. The first-order chi connectivity index (χ1) is 13.7. The Hall–Kier alpha value is -2.41. The SMILES string of the molecule is OCCCN1C(=S)N[C@H](c2ccccn2)[C@@H]1c1cccn1-c1cccc(Cl)c1. The molecule has 3 aromatic rings. The molecule has 7 heteroatoms. The van der Waals surface area contributed by atoms with Gasteiger partial charge in [-0.05, 0) is 61.1 Å². The molecule has 0 unspecified atom stereocenters. The topological polar surface area (TPSA) is 53.3 Å². The number of aliphatic hydroxyl groups is 1. The van der Waals surface area contributed by atoms with Crippen molar-refractivity contribution in [1.29, 1.82) is 0 Å². The van der Waals surface area contributed by atoms with Gasteiger partial charge in [-0.3, -0.25) is 4.98 Å². The van der Waals surface area contributed by atoms with Crippen molar-refractivity contribution in [3.8, 4) is 5.69 Å². The zero-order chi connectivity index (χ0) is 19.5. The van der Waals surface area contributed by atoms with E-state index in [1.807, 2.05) is 54.7 Å². The molecule has 2 aromatic heterocycles. The first-order valence-electron chi connectivity index (χ1n) is 9.21. The zero-order valence-electron chi connectivity index (χ0n) is 15.2. The van der Waals surface area contributed by atoms with Gasteiger partial charge >= 0.3 is 0 Å². The van der Waals surface area contributed by atoms with Crippen molar-refractivity contribution in [1.82, 2.24) is 19.8 Å². The number of nitrogens with zero attached hydrogens (tertiary/aromatic N) is 3.